The summed E-state index contributed by atoms with van der Waals surface area (Å²) in [5.74, 6) is 1.64. The molecule has 1 aromatic carbocycles. The Hall–Kier alpha value is -2.81. The van der Waals surface area contributed by atoms with Crippen LogP contribution >= 0.6 is 0 Å². The van der Waals surface area contributed by atoms with Crippen LogP contribution in [0.1, 0.15) is 70.0 Å². The normalized spacial score (nSPS) is 27.3. The topological polar surface area (TPSA) is 114 Å². The molecule has 0 bridgehead atoms. The molecule has 1 saturated heterocycles. The molecule has 206 valence electrons. The van der Waals surface area contributed by atoms with E-state index in [1.165, 1.54) is 19.3 Å². The van der Waals surface area contributed by atoms with E-state index in [4.69, 9.17) is 10.3 Å². The fourth-order valence-electron chi connectivity index (χ4n) is 6.94. The fourth-order valence-corrected chi connectivity index (χ4v) is 6.94. The zero-order valence-corrected chi connectivity index (χ0v) is 22.3. The molecule has 3 N–H and O–H groups in total. The van der Waals surface area contributed by atoms with Gasteiger partial charge in [-0.25, -0.2) is 4.39 Å². The van der Waals surface area contributed by atoms with Gasteiger partial charge >= 0.3 is 0 Å². The third-order valence-electron chi connectivity index (χ3n) is 9.08. The maximum Gasteiger partial charge on any atom is 0.257 e. The number of halogens is 1. The second kappa shape index (κ2) is 11.9. The summed E-state index contributed by atoms with van der Waals surface area (Å²) in [6.07, 6.45) is 9.72. The van der Waals surface area contributed by atoms with E-state index in [0.717, 1.165) is 37.7 Å². The number of nitrogens with one attached hydrogen (secondary N) is 1. The number of carbonyl (C=O) groups is 2. The molecular weight excluding hydrogens is 485 g/mol. The number of benzene rings is 1. The van der Waals surface area contributed by atoms with Crippen molar-refractivity contribution in [1.82, 2.24) is 15.0 Å². The Kier molecular flexibility index (Phi) is 8.41. The average Bonchev–Trinajstić information content (AvgIpc) is 3.60. The second-order valence-electron chi connectivity index (χ2n) is 11.5. The molecule has 1 aromatic heterocycles. The van der Waals surface area contributed by atoms with Gasteiger partial charge in [-0.3, -0.25) is 9.59 Å². The van der Waals surface area contributed by atoms with Gasteiger partial charge in [-0.1, -0.05) is 37.3 Å². The van der Waals surface area contributed by atoms with Crippen molar-refractivity contribution in [2.45, 2.75) is 83.2 Å². The van der Waals surface area contributed by atoms with Crippen molar-refractivity contribution in [2.24, 2.45) is 29.4 Å². The lowest BCUT2D eigenvalue weighted by atomic mass is 9.76. The van der Waals surface area contributed by atoms with Crippen LogP contribution in [0, 0.1) is 30.6 Å². The van der Waals surface area contributed by atoms with Crippen LogP contribution in [0.15, 0.2) is 28.8 Å². The van der Waals surface area contributed by atoms with Crippen molar-refractivity contribution in [2.75, 3.05) is 18.5 Å². The van der Waals surface area contributed by atoms with E-state index < -0.39 is 18.8 Å². The molecule has 9 heteroatoms. The van der Waals surface area contributed by atoms with Crippen LogP contribution in [-0.2, 0) is 9.59 Å². The number of aryl methyl sites for hydroxylation is 1. The quantitative estimate of drug-likeness (QED) is 0.532. The third-order valence-corrected chi connectivity index (χ3v) is 9.08. The molecule has 1 aliphatic heterocycles. The minimum atomic E-state index is -0.518. The molecule has 5 rings (SSSR count). The maximum absolute atomic E-state index is 13.8. The molecule has 8 nitrogen and oxygen atoms in total. The van der Waals surface area contributed by atoms with E-state index in [1.54, 1.807) is 6.92 Å². The van der Waals surface area contributed by atoms with Gasteiger partial charge in [0.15, 0.2) is 5.82 Å². The zero-order chi connectivity index (χ0) is 26.6. The van der Waals surface area contributed by atoms with Gasteiger partial charge in [-0.05, 0) is 81.0 Å². The number of likely N-dealkylation sites (tertiary alicyclic amines) is 1. The molecule has 0 unspecified atom stereocenters. The van der Waals surface area contributed by atoms with Crippen LogP contribution in [0.4, 0.5) is 10.1 Å². The first-order valence-corrected chi connectivity index (χ1v) is 14.3. The number of aromatic nitrogens is 2. The predicted molar refractivity (Wildman–Crippen MR) is 143 cm³/mol. The molecule has 0 spiro atoms. The van der Waals surface area contributed by atoms with E-state index >= 15 is 0 Å². The largest absolute Gasteiger partial charge is 0.334 e. The van der Waals surface area contributed by atoms with Crippen LogP contribution in [0.5, 0.6) is 0 Å². The number of nitrogens with two attached hydrogens (primary N) is 1. The molecule has 2 amide bonds. The summed E-state index contributed by atoms with van der Waals surface area (Å²) >= 11 is 0. The van der Waals surface area contributed by atoms with Crippen molar-refractivity contribution < 1.29 is 18.5 Å². The lowest BCUT2D eigenvalue weighted by molar-refractivity contribution is -0.142. The molecule has 3 fully saturated rings. The number of amides is 2. The van der Waals surface area contributed by atoms with Gasteiger partial charge in [0.1, 0.15) is 12.7 Å². The number of nitrogens with zero attached hydrogens (tertiary/aromatic N) is 3. The smallest absolute Gasteiger partial charge is 0.257 e. The van der Waals surface area contributed by atoms with Gasteiger partial charge in [0.05, 0.1) is 0 Å². The number of hydrogen-bond donors (Lipinski definition) is 2. The Balaban J connectivity index is 1.30. The highest BCUT2D eigenvalue weighted by molar-refractivity contribution is 5.98. The van der Waals surface area contributed by atoms with Crippen molar-refractivity contribution in [1.29, 1.82) is 0 Å². The molecule has 0 radical (unpaired) electrons. The first-order chi connectivity index (χ1) is 18.4. The van der Waals surface area contributed by atoms with Gasteiger partial charge in [0.25, 0.3) is 5.89 Å². The molecule has 2 saturated carbocycles. The first-order valence-electron chi connectivity index (χ1n) is 14.3. The van der Waals surface area contributed by atoms with Gasteiger partial charge in [-0.2, -0.15) is 4.98 Å². The summed E-state index contributed by atoms with van der Waals surface area (Å²) in [5.41, 5.74) is 7.40. The summed E-state index contributed by atoms with van der Waals surface area (Å²) in [6.45, 7) is 1.87. The standard InChI is InChI=1S/C29H40FN5O3/c1-18-32-28(38-34-18)21-11-13-23(14-12-21)33-27(36)26-24(19-5-3-2-4-6-19)15-16-35(26)29(37)22-9-7-20(8-10-22)25(31)17-30/h11-14,19-20,22,24-26H,2-10,15-17,31H2,1H3,(H,33,36)/t20?,22?,24-,25+,26-/m0/s1. The van der Waals surface area contributed by atoms with Crippen LogP contribution in [0.3, 0.4) is 0 Å². The molecule has 2 aliphatic carbocycles. The Morgan fingerprint density at radius 1 is 1.08 bits per heavy atom. The number of rotatable bonds is 7. The van der Waals surface area contributed by atoms with Crippen LogP contribution in [0.25, 0.3) is 11.5 Å². The number of hydrogen-bond acceptors (Lipinski definition) is 6. The van der Waals surface area contributed by atoms with Crippen molar-refractivity contribution in [3.05, 3.63) is 30.1 Å². The van der Waals surface area contributed by atoms with E-state index in [1.807, 2.05) is 29.2 Å². The molecular formula is C29H40FN5O3. The lowest BCUT2D eigenvalue weighted by Crippen LogP contribution is -2.50. The van der Waals surface area contributed by atoms with E-state index in [9.17, 15) is 14.0 Å². The van der Waals surface area contributed by atoms with Crippen molar-refractivity contribution in [3.63, 3.8) is 0 Å². The van der Waals surface area contributed by atoms with Gasteiger partial charge < -0.3 is 20.5 Å². The fraction of sp³-hybridized carbons (Fsp3) is 0.655. The highest BCUT2D eigenvalue weighted by Crippen LogP contribution is 2.41. The Morgan fingerprint density at radius 2 is 1.79 bits per heavy atom. The Bertz CT molecular complexity index is 1090. The number of anilines is 1. The molecule has 38 heavy (non-hydrogen) atoms. The van der Waals surface area contributed by atoms with E-state index in [0.29, 0.717) is 42.7 Å². The maximum atomic E-state index is 13.8. The predicted octanol–water partition coefficient (Wildman–Crippen LogP) is 4.88. The second-order valence-corrected chi connectivity index (χ2v) is 11.5. The van der Waals surface area contributed by atoms with Crippen molar-refractivity contribution >= 4 is 17.5 Å². The Morgan fingerprint density at radius 3 is 2.42 bits per heavy atom. The van der Waals surface area contributed by atoms with Crippen LogP contribution in [0.2, 0.25) is 0 Å². The summed E-state index contributed by atoms with van der Waals surface area (Å²) in [7, 11) is 0. The lowest BCUT2D eigenvalue weighted by Gasteiger charge is -2.36. The average molecular weight is 526 g/mol. The summed E-state index contributed by atoms with van der Waals surface area (Å²) in [6, 6.07) is 6.45. The van der Waals surface area contributed by atoms with E-state index in [-0.39, 0.29) is 29.6 Å². The molecule has 2 aromatic rings. The summed E-state index contributed by atoms with van der Waals surface area (Å²) in [4.78, 5) is 33.7. The monoisotopic (exact) mass is 525 g/mol. The highest BCUT2D eigenvalue weighted by Gasteiger charge is 2.46. The Labute approximate surface area is 223 Å². The highest BCUT2D eigenvalue weighted by atomic mass is 19.1. The summed E-state index contributed by atoms with van der Waals surface area (Å²) < 4.78 is 18.3. The minimum absolute atomic E-state index is 0.0813. The molecule has 3 aliphatic rings. The van der Waals surface area contributed by atoms with Gasteiger partial charge in [0.2, 0.25) is 11.8 Å². The van der Waals surface area contributed by atoms with Crippen LogP contribution in [-0.4, -0.2) is 52.2 Å². The number of carbonyl (C=O) groups excluding carboxylic acids is 2. The SMILES string of the molecule is Cc1noc(-c2ccc(NC(=O)[C@@H]3[C@H](C4CCCCC4)CCN3C(=O)C3CCC([C@H](N)CF)CC3)cc2)n1. The third kappa shape index (κ3) is 5.77. The van der Waals surface area contributed by atoms with Crippen LogP contribution < -0.4 is 11.1 Å². The minimum Gasteiger partial charge on any atom is -0.334 e. The zero-order valence-electron chi connectivity index (χ0n) is 22.3. The van der Waals surface area contributed by atoms with E-state index in [2.05, 4.69) is 15.5 Å². The first kappa shape index (κ1) is 26.8. The van der Waals surface area contributed by atoms with Crippen molar-refractivity contribution in [3.8, 4) is 11.5 Å². The number of alkyl halides is 1. The molecule has 2 heterocycles. The van der Waals surface area contributed by atoms with Gasteiger partial charge in [-0.15, -0.1) is 0 Å². The summed E-state index contributed by atoms with van der Waals surface area (Å²) in [5, 5.41) is 6.93. The molecule has 3 atom stereocenters. The van der Waals surface area contributed by atoms with Gasteiger partial charge in [0, 0.05) is 29.8 Å².